The Morgan fingerprint density at radius 3 is 1.64 bits per heavy atom. The van der Waals surface area contributed by atoms with Crippen LogP contribution in [0.3, 0.4) is 0 Å². The van der Waals surface area contributed by atoms with E-state index in [9.17, 15) is 0 Å². The smallest absolute Gasteiger partial charge is 0.343 e. The molecule has 0 rings (SSSR count). The predicted octanol–water partition coefficient (Wildman–Crippen LogP) is 4.67. The van der Waals surface area contributed by atoms with Gasteiger partial charge in [-0.1, -0.05) is 58.8 Å². The van der Waals surface area contributed by atoms with Gasteiger partial charge in [0, 0.05) is 0 Å². The van der Waals surface area contributed by atoms with E-state index in [1.165, 1.54) is 32.1 Å². The molecule has 0 aromatic carbocycles. The molecule has 0 radical (unpaired) electrons. The van der Waals surface area contributed by atoms with E-state index >= 15 is 0 Å². The number of hydrogen-bond donors (Lipinski definition) is 0. The average Bonchev–Trinajstić information content (AvgIpc) is 2.14. The van der Waals surface area contributed by atoms with Crippen LogP contribution in [0.15, 0.2) is 0 Å². The van der Waals surface area contributed by atoms with Gasteiger partial charge in [-0.2, -0.15) is 12.8 Å². The Balaban J connectivity index is -0.000000177. The first-order chi connectivity index (χ1) is 6.18. The van der Waals surface area contributed by atoms with Crippen LogP contribution in [0.5, 0.6) is 0 Å². The van der Waals surface area contributed by atoms with E-state index in [2.05, 4.69) is 34.6 Å². The molecule has 14 heavy (non-hydrogen) atoms. The Labute approximate surface area is 108 Å². The molecule has 0 aliphatic heterocycles. The fourth-order valence-corrected chi connectivity index (χ4v) is 0.780. The summed E-state index contributed by atoms with van der Waals surface area (Å²) in [4.78, 5) is 0. The average molecular weight is 209 g/mol. The van der Waals surface area contributed by atoms with Gasteiger partial charge in [-0.3, -0.25) is 0 Å². The van der Waals surface area contributed by atoms with E-state index in [1.807, 2.05) is 0 Å². The zero-order valence-electron chi connectivity index (χ0n) is 10.6. The molecule has 0 N–H and O–H groups in total. The summed E-state index contributed by atoms with van der Waals surface area (Å²) in [6, 6.07) is 0. The van der Waals surface area contributed by atoms with Crippen LogP contribution in [0.4, 0.5) is 0 Å². The Hall–Kier alpha value is 0.766. The molecular formula is C13H28Mg. The van der Waals surface area contributed by atoms with Crippen molar-refractivity contribution in [3.8, 4) is 0 Å². The molecule has 0 saturated carbocycles. The number of hydrogen-bond acceptors (Lipinski definition) is 0. The standard InChI is InChI=1S/C8H17.C5H11.Mg/c1-3-5-7-8-6-4-2;1-4-5(2)3;/h1,3-8H2,2H3;5H,1,4H2,2-3H3;/q2*-1;+2. The molecule has 0 atom stereocenters. The van der Waals surface area contributed by atoms with Crippen molar-refractivity contribution >= 4 is 23.1 Å². The van der Waals surface area contributed by atoms with Crippen molar-refractivity contribution in [1.29, 1.82) is 0 Å². The molecule has 0 amide bonds. The molecule has 0 saturated heterocycles. The number of rotatable bonds is 6. The molecule has 0 aliphatic carbocycles. The van der Waals surface area contributed by atoms with Crippen molar-refractivity contribution in [3.63, 3.8) is 0 Å². The minimum absolute atomic E-state index is 0. The summed E-state index contributed by atoms with van der Waals surface area (Å²) in [6.45, 7) is 14.0. The van der Waals surface area contributed by atoms with Gasteiger partial charge in [0.2, 0.25) is 0 Å². The Morgan fingerprint density at radius 1 is 0.929 bits per heavy atom. The van der Waals surface area contributed by atoms with Crippen LogP contribution >= 0.6 is 0 Å². The molecule has 0 aromatic rings. The summed E-state index contributed by atoms with van der Waals surface area (Å²) in [5.74, 6) is 0.773. The molecule has 0 unspecified atom stereocenters. The molecule has 0 bridgehead atoms. The Morgan fingerprint density at radius 2 is 1.36 bits per heavy atom. The fraction of sp³-hybridized carbons (Fsp3) is 0.846. The summed E-state index contributed by atoms with van der Waals surface area (Å²) >= 11 is 0. The first-order valence-corrected chi connectivity index (χ1v) is 5.77. The summed E-state index contributed by atoms with van der Waals surface area (Å²) < 4.78 is 0. The molecule has 0 aromatic heterocycles. The summed E-state index contributed by atoms with van der Waals surface area (Å²) in [5.41, 5.74) is 0. The molecule has 0 fully saturated rings. The topological polar surface area (TPSA) is 0 Å². The third-order valence-corrected chi connectivity index (χ3v) is 1.93. The van der Waals surface area contributed by atoms with E-state index < -0.39 is 0 Å². The van der Waals surface area contributed by atoms with Crippen molar-refractivity contribution in [2.45, 2.75) is 65.7 Å². The van der Waals surface area contributed by atoms with Crippen molar-refractivity contribution < 1.29 is 0 Å². The Kier molecular flexibility index (Phi) is 27.9. The zero-order chi connectivity index (χ0) is 10.5. The van der Waals surface area contributed by atoms with Crippen LogP contribution in [-0.4, -0.2) is 23.1 Å². The summed E-state index contributed by atoms with van der Waals surface area (Å²) in [7, 11) is 0. The van der Waals surface area contributed by atoms with Crippen molar-refractivity contribution in [1.82, 2.24) is 0 Å². The van der Waals surface area contributed by atoms with Crippen LogP contribution in [0.2, 0.25) is 0 Å². The van der Waals surface area contributed by atoms with E-state index in [-0.39, 0.29) is 23.1 Å². The first kappa shape index (κ1) is 20.2. The molecule has 1 heteroatoms. The van der Waals surface area contributed by atoms with E-state index in [0.717, 1.165) is 18.8 Å². The third kappa shape index (κ3) is 29.3. The summed E-state index contributed by atoms with van der Waals surface area (Å²) in [5, 5.41) is 0. The van der Waals surface area contributed by atoms with Crippen LogP contribution < -0.4 is 0 Å². The predicted molar refractivity (Wildman–Crippen MR) is 69.3 cm³/mol. The van der Waals surface area contributed by atoms with Crippen LogP contribution in [0.25, 0.3) is 0 Å². The maximum absolute atomic E-state index is 3.78. The van der Waals surface area contributed by atoms with Crippen LogP contribution in [0, 0.1) is 19.8 Å². The van der Waals surface area contributed by atoms with Gasteiger partial charge in [0.05, 0.1) is 0 Å². The molecule has 0 spiro atoms. The summed E-state index contributed by atoms with van der Waals surface area (Å²) in [6.07, 6.45) is 9.03. The van der Waals surface area contributed by atoms with Gasteiger partial charge < -0.3 is 13.8 Å². The molecule has 0 aliphatic rings. The van der Waals surface area contributed by atoms with Gasteiger partial charge in [-0.15, -0.1) is 0 Å². The quantitative estimate of drug-likeness (QED) is 0.338. The van der Waals surface area contributed by atoms with Crippen molar-refractivity contribution in [2.24, 2.45) is 5.92 Å². The minimum atomic E-state index is 0. The van der Waals surface area contributed by atoms with E-state index in [0.29, 0.717) is 0 Å². The van der Waals surface area contributed by atoms with Gasteiger partial charge in [0.25, 0.3) is 0 Å². The van der Waals surface area contributed by atoms with Crippen LogP contribution in [0.1, 0.15) is 65.7 Å². The first-order valence-electron chi connectivity index (χ1n) is 5.77. The van der Waals surface area contributed by atoms with Gasteiger partial charge in [0.1, 0.15) is 0 Å². The van der Waals surface area contributed by atoms with Crippen molar-refractivity contribution in [2.75, 3.05) is 0 Å². The minimum Gasteiger partial charge on any atom is -0.343 e. The van der Waals surface area contributed by atoms with E-state index in [4.69, 9.17) is 0 Å². The SMILES string of the molecule is [CH2-]CC(C)C.[CH2-]CCCCCCC.[Mg+2]. The maximum atomic E-state index is 3.78. The van der Waals surface area contributed by atoms with Gasteiger partial charge >= 0.3 is 23.1 Å². The second-order valence-electron chi connectivity index (χ2n) is 3.95. The Bertz CT molecular complexity index is 63.6. The maximum Gasteiger partial charge on any atom is 2.00 e. The molecule has 82 valence electrons. The van der Waals surface area contributed by atoms with Crippen LogP contribution in [-0.2, 0) is 0 Å². The normalized spacial score (nSPS) is 9.00. The largest absolute Gasteiger partial charge is 2.00 e. The molecule has 0 nitrogen and oxygen atoms in total. The zero-order valence-corrected chi connectivity index (χ0v) is 12.1. The van der Waals surface area contributed by atoms with Gasteiger partial charge in [-0.05, 0) is 0 Å². The van der Waals surface area contributed by atoms with Gasteiger partial charge in [-0.25, -0.2) is 0 Å². The molecule has 0 heterocycles. The van der Waals surface area contributed by atoms with E-state index in [1.54, 1.807) is 0 Å². The monoisotopic (exact) mass is 208 g/mol. The molecular weight excluding hydrogens is 180 g/mol. The number of unbranched alkanes of at least 4 members (excludes halogenated alkanes) is 5. The second-order valence-corrected chi connectivity index (χ2v) is 3.95. The second kappa shape index (κ2) is 19.4. The third-order valence-electron chi connectivity index (χ3n) is 1.93. The fourth-order valence-electron chi connectivity index (χ4n) is 0.780. The van der Waals surface area contributed by atoms with Gasteiger partial charge in [0.15, 0.2) is 0 Å². The van der Waals surface area contributed by atoms with Crippen molar-refractivity contribution in [3.05, 3.63) is 13.8 Å².